The Morgan fingerprint density at radius 3 is 2.42 bits per heavy atom. The van der Waals surface area contributed by atoms with Gasteiger partial charge in [0.2, 0.25) is 0 Å². The molecule has 0 aliphatic carbocycles. The third-order valence-electron chi connectivity index (χ3n) is 1.49. The van der Waals surface area contributed by atoms with Crippen molar-refractivity contribution < 1.29 is 9.84 Å². The van der Waals surface area contributed by atoms with Gasteiger partial charge in [-0.25, -0.2) is 0 Å². The van der Waals surface area contributed by atoms with Crippen LogP contribution >= 0.6 is 31.9 Å². The predicted molar refractivity (Wildman–Crippen MR) is 54.3 cm³/mol. The van der Waals surface area contributed by atoms with Crippen molar-refractivity contribution in [1.29, 1.82) is 0 Å². The van der Waals surface area contributed by atoms with E-state index >= 15 is 0 Å². The highest BCUT2D eigenvalue weighted by molar-refractivity contribution is 9.13. The second-order valence-electron chi connectivity index (χ2n) is 2.24. The van der Waals surface area contributed by atoms with Crippen molar-refractivity contribution in [1.82, 2.24) is 0 Å². The number of hydrogen-bond acceptors (Lipinski definition) is 2. The fraction of sp³-hybridized carbons (Fsp3) is 0.250. The van der Waals surface area contributed by atoms with Gasteiger partial charge in [-0.2, -0.15) is 0 Å². The largest absolute Gasteiger partial charge is 0.496 e. The summed E-state index contributed by atoms with van der Waals surface area (Å²) in [4.78, 5) is 0. The zero-order valence-electron chi connectivity index (χ0n) is 6.47. The van der Waals surface area contributed by atoms with Gasteiger partial charge in [-0.1, -0.05) is 0 Å². The summed E-state index contributed by atoms with van der Waals surface area (Å²) in [7, 11) is 1.58. The van der Waals surface area contributed by atoms with E-state index in [1.165, 1.54) is 0 Å². The Kier molecular flexibility index (Phi) is 3.55. The number of hydrogen-bond donors (Lipinski definition) is 1. The van der Waals surface area contributed by atoms with Gasteiger partial charge >= 0.3 is 0 Å². The normalized spacial score (nSPS) is 10.0. The van der Waals surface area contributed by atoms with Crippen LogP contribution in [0.3, 0.4) is 0 Å². The Labute approximate surface area is 87.8 Å². The highest BCUT2D eigenvalue weighted by Crippen LogP contribution is 2.30. The minimum absolute atomic E-state index is 0.0188. The quantitative estimate of drug-likeness (QED) is 0.909. The molecule has 1 N–H and O–H groups in total. The van der Waals surface area contributed by atoms with Gasteiger partial charge in [0.1, 0.15) is 5.75 Å². The molecule has 0 aliphatic rings. The second-order valence-corrected chi connectivity index (χ2v) is 3.94. The number of aliphatic hydroxyl groups excluding tert-OH is 1. The van der Waals surface area contributed by atoms with Crippen LogP contribution in [0, 0.1) is 0 Å². The molecule has 66 valence electrons. The zero-order chi connectivity index (χ0) is 9.14. The molecule has 1 aromatic rings. The van der Waals surface area contributed by atoms with Crippen molar-refractivity contribution in [2.45, 2.75) is 6.61 Å². The maximum Gasteiger partial charge on any atom is 0.125 e. The Morgan fingerprint density at radius 2 is 1.92 bits per heavy atom. The fourth-order valence-corrected chi connectivity index (χ4v) is 1.60. The monoisotopic (exact) mass is 294 g/mol. The average Bonchev–Trinajstić information content (AvgIpc) is 2.09. The van der Waals surface area contributed by atoms with Gasteiger partial charge in [-0.3, -0.25) is 0 Å². The summed E-state index contributed by atoms with van der Waals surface area (Å²) in [5.41, 5.74) is 0.771. The number of methoxy groups -OCH3 is 1. The van der Waals surface area contributed by atoms with Crippen LogP contribution in [0.25, 0.3) is 0 Å². The summed E-state index contributed by atoms with van der Waals surface area (Å²) in [6.45, 7) is -0.0188. The van der Waals surface area contributed by atoms with Crippen LogP contribution in [-0.4, -0.2) is 12.2 Å². The summed E-state index contributed by atoms with van der Waals surface area (Å²) < 4.78 is 6.88. The molecule has 0 atom stereocenters. The lowest BCUT2D eigenvalue weighted by Crippen LogP contribution is -1.91. The predicted octanol–water partition coefficient (Wildman–Crippen LogP) is 2.71. The van der Waals surface area contributed by atoms with E-state index in [-0.39, 0.29) is 6.61 Å². The van der Waals surface area contributed by atoms with E-state index in [1.807, 2.05) is 12.1 Å². The first-order valence-electron chi connectivity index (χ1n) is 3.31. The van der Waals surface area contributed by atoms with Crippen LogP contribution in [0.2, 0.25) is 0 Å². The van der Waals surface area contributed by atoms with Crippen molar-refractivity contribution in [3.05, 3.63) is 26.6 Å². The molecule has 1 rings (SSSR count). The molecule has 0 unspecified atom stereocenters. The van der Waals surface area contributed by atoms with Crippen LogP contribution in [0.15, 0.2) is 21.1 Å². The number of ether oxygens (including phenoxy) is 1. The molecular formula is C8H8Br2O2. The van der Waals surface area contributed by atoms with Gasteiger partial charge < -0.3 is 9.84 Å². The maximum atomic E-state index is 8.95. The smallest absolute Gasteiger partial charge is 0.125 e. The molecule has 4 heteroatoms. The van der Waals surface area contributed by atoms with E-state index in [0.717, 1.165) is 14.5 Å². The van der Waals surface area contributed by atoms with Crippen LogP contribution in [0.1, 0.15) is 5.56 Å². The van der Waals surface area contributed by atoms with Crippen molar-refractivity contribution >= 4 is 31.9 Å². The van der Waals surface area contributed by atoms with Crippen LogP contribution in [0.5, 0.6) is 5.75 Å². The zero-order valence-corrected chi connectivity index (χ0v) is 9.65. The summed E-state index contributed by atoms with van der Waals surface area (Å²) in [6, 6.07) is 3.64. The van der Waals surface area contributed by atoms with Gasteiger partial charge in [0.05, 0.1) is 13.7 Å². The molecule has 0 heterocycles. The average molecular weight is 296 g/mol. The Bertz CT molecular complexity index is 258. The third kappa shape index (κ3) is 2.00. The first-order chi connectivity index (χ1) is 5.69. The molecule has 0 aliphatic heterocycles. The first-order valence-corrected chi connectivity index (χ1v) is 4.90. The molecule has 0 radical (unpaired) electrons. The molecule has 0 aromatic heterocycles. The molecular weight excluding hydrogens is 288 g/mol. The van der Waals surface area contributed by atoms with Gasteiger partial charge in [-0.05, 0) is 44.0 Å². The lowest BCUT2D eigenvalue weighted by atomic mass is 10.2. The van der Waals surface area contributed by atoms with Crippen molar-refractivity contribution in [2.75, 3.05) is 7.11 Å². The van der Waals surface area contributed by atoms with Gasteiger partial charge in [0.15, 0.2) is 0 Å². The van der Waals surface area contributed by atoms with E-state index in [9.17, 15) is 0 Å². The summed E-state index contributed by atoms with van der Waals surface area (Å²) in [5.74, 6) is 0.688. The summed E-state index contributed by atoms with van der Waals surface area (Å²) in [5, 5.41) is 8.95. The minimum atomic E-state index is -0.0188. The summed E-state index contributed by atoms with van der Waals surface area (Å²) >= 11 is 6.68. The van der Waals surface area contributed by atoms with E-state index in [4.69, 9.17) is 9.84 Å². The molecule has 0 saturated heterocycles. The molecule has 2 nitrogen and oxygen atoms in total. The van der Waals surface area contributed by atoms with E-state index in [0.29, 0.717) is 5.75 Å². The van der Waals surface area contributed by atoms with E-state index < -0.39 is 0 Å². The lowest BCUT2D eigenvalue weighted by molar-refractivity contribution is 0.273. The van der Waals surface area contributed by atoms with Crippen molar-refractivity contribution in [3.63, 3.8) is 0 Å². The summed E-state index contributed by atoms with van der Waals surface area (Å²) in [6.07, 6.45) is 0. The maximum absolute atomic E-state index is 8.95. The van der Waals surface area contributed by atoms with Gasteiger partial charge in [-0.15, -0.1) is 0 Å². The molecule has 12 heavy (non-hydrogen) atoms. The third-order valence-corrected chi connectivity index (χ3v) is 3.34. The molecule has 0 amide bonds. The fourth-order valence-electron chi connectivity index (χ4n) is 0.883. The molecule has 0 spiro atoms. The van der Waals surface area contributed by atoms with E-state index in [2.05, 4.69) is 31.9 Å². The Balaban J connectivity index is 3.19. The Morgan fingerprint density at radius 1 is 1.33 bits per heavy atom. The van der Waals surface area contributed by atoms with Gasteiger partial charge in [0, 0.05) is 14.5 Å². The van der Waals surface area contributed by atoms with Gasteiger partial charge in [0.25, 0.3) is 0 Å². The van der Waals surface area contributed by atoms with Crippen LogP contribution in [0.4, 0.5) is 0 Å². The molecule has 0 bridgehead atoms. The lowest BCUT2D eigenvalue weighted by Gasteiger charge is -2.07. The van der Waals surface area contributed by atoms with E-state index in [1.54, 1.807) is 7.11 Å². The molecule has 0 fully saturated rings. The van der Waals surface area contributed by atoms with Crippen LogP contribution in [-0.2, 0) is 6.61 Å². The minimum Gasteiger partial charge on any atom is -0.496 e. The van der Waals surface area contributed by atoms with Crippen LogP contribution < -0.4 is 4.74 Å². The number of halogens is 2. The standard InChI is InChI=1S/C8H8Br2O2/c1-12-8-3-7(10)6(9)2-5(8)4-11/h2-3,11H,4H2,1H3. The highest BCUT2D eigenvalue weighted by Gasteiger charge is 2.05. The molecule has 1 aromatic carbocycles. The Hall–Kier alpha value is -0.0600. The SMILES string of the molecule is COc1cc(Br)c(Br)cc1CO. The topological polar surface area (TPSA) is 29.5 Å². The van der Waals surface area contributed by atoms with Crippen molar-refractivity contribution in [2.24, 2.45) is 0 Å². The number of benzene rings is 1. The molecule has 0 saturated carbocycles. The number of aliphatic hydroxyl groups is 1. The highest BCUT2D eigenvalue weighted by atomic mass is 79.9. The van der Waals surface area contributed by atoms with Crippen molar-refractivity contribution in [3.8, 4) is 5.75 Å². The first kappa shape index (κ1) is 10.0. The number of rotatable bonds is 2. The second kappa shape index (κ2) is 4.25.